The number of carbonyl (C=O) groups is 1. The molecule has 0 aliphatic heterocycles. The lowest BCUT2D eigenvalue weighted by atomic mass is 9.50. The van der Waals surface area contributed by atoms with Crippen LogP contribution in [0.1, 0.15) is 81.1 Å². The second-order valence-electron chi connectivity index (χ2n) is 9.45. The molecule has 1 aromatic rings. The van der Waals surface area contributed by atoms with Gasteiger partial charge < -0.3 is 14.6 Å². The highest BCUT2D eigenvalue weighted by Gasteiger charge is 2.53. The highest BCUT2D eigenvalue weighted by molar-refractivity contribution is 5.99. The Kier molecular flexibility index (Phi) is 4.63. The van der Waals surface area contributed by atoms with E-state index in [1.807, 2.05) is 26.0 Å². The van der Waals surface area contributed by atoms with Crippen molar-refractivity contribution in [2.75, 3.05) is 7.11 Å². The first kappa shape index (κ1) is 18.9. The van der Waals surface area contributed by atoms with Gasteiger partial charge in [0, 0.05) is 32.9 Å². The Morgan fingerprint density at radius 1 is 1.22 bits per heavy atom. The van der Waals surface area contributed by atoms with Crippen LogP contribution in [0, 0.1) is 17.3 Å². The van der Waals surface area contributed by atoms with Crippen LogP contribution in [0.2, 0.25) is 0 Å². The third-order valence-corrected chi connectivity index (χ3v) is 7.63. The molecule has 3 aliphatic rings. The molecule has 4 rings (SSSR count). The van der Waals surface area contributed by atoms with Crippen molar-refractivity contribution in [2.24, 2.45) is 17.3 Å². The van der Waals surface area contributed by atoms with Crippen molar-refractivity contribution < 1.29 is 19.4 Å². The zero-order chi connectivity index (χ0) is 19.4. The highest BCUT2D eigenvalue weighted by atomic mass is 16.7. The van der Waals surface area contributed by atoms with Gasteiger partial charge in [0.15, 0.2) is 5.78 Å². The van der Waals surface area contributed by atoms with E-state index in [1.54, 1.807) is 7.11 Å². The minimum atomic E-state index is -0.723. The predicted octanol–water partition coefficient (Wildman–Crippen LogP) is 4.70. The molecule has 0 amide bonds. The molecule has 0 bridgehead atoms. The van der Waals surface area contributed by atoms with Crippen LogP contribution < -0.4 is 4.74 Å². The van der Waals surface area contributed by atoms with E-state index in [0.717, 1.165) is 37.7 Å². The number of methoxy groups -OCH3 is 1. The van der Waals surface area contributed by atoms with Crippen molar-refractivity contribution in [1.82, 2.24) is 0 Å². The molecule has 148 valence electrons. The summed E-state index contributed by atoms with van der Waals surface area (Å²) in [6, 6.07) is 5.96. The van der Waals surface area contributed by atoms with E-state index in [4.69, 9.17) is 9.47 Å². The van der Waals surface area contributed by atoms with Crippen LogP contribution in [-0.2, 0) is 4.74 Å². The molecule has 0 heterocycles. The van der Waals surface area contributed by atoms with Gasteiger partial charge in [-0.2, -0.15) is 0 Å². The Hall–Kier alpha value is -1.39. The van der Waals surface area contributed by atoms with E-state index >= 15 is 0 Å². The quantitative estimate of drug-likeness (QED) is 0.782. The largest absolute Gasteiger partial charge is 0.463 e. The lowest BCUT2D eigenvalue weighted by Gasteiger charge is -2.55. The van der Waals surface area contributed by atoms with Crippen LogP contribution in [0.15, 0.2) is 18.2 Å². The molecule has 0 radical (unpaired) electrons. The second-order valence-corrected chi connectivity index (χ2v) is 9.45. The number of aliphatic hydroxyl groups excluding tert-OH is 1. The zero-order valence-corrected chi connectivity index (χ0v) is 17.0. The van der Waals surface area contributed by atoms with Crippen molar-refractivity contribution >= 4 is 5.78 Å². The standard InChI is InChI=1S/C23H32O4/c1-22(2,26-4)27-14-8-9-15-16-10-11-23(3)19(6-5-7-21(23)25)17(16)13-20(24)18(15)12-14/h8-9,12,16-17,19,21,25H,5-7,10-11,13H2,1-4H3. The first-order valence-corrected chi connectivity index (χ1v) is 10.3. The number of hydrogen-bond donors (Lipinski definition) is 1. The Labute approximate surface area is 162 Å². The summed E-state index contributed by atoms with van der Waals surface area (Å²) in [5.41, 5.74) is 1.98. The summed E-state index contributed by atoms with van der Waals surface area (Å²) < 4.78 is 11.3. The second kappa shape index (κ2) is 6.59. The van der Waals surface area contributed by atoms with Gasteiger partial charge in [-0.3, -0.25) is 4.79 Å². The lowest BCUT2D eigenvalue weighted by Crippen LogP contribution is -2.51. The molecule has 1 N–H and O–H groups in total. The molecule has 0 spiro atoms. The Balaban J connectivity index is 1.65. The monoisotopic (exact) mass is 372 g/mol. The van der Waals surface area contributed by atoms with Gasteiger partial charge in [0.1, 0.15) is 5.75 Å². The number of benzene rings is 1. The average Bonchev–Trinajstić information content (AvgIpc) is 2.63. The van der Waals surface area contributed by atoms with Crippen LogP contribution in [0.3, 0.4) is 0 Å². The molecule has 4 nitrogen and oxygen atoms in total. The molecule has 0 aromatic heterocycles. The van der Waals surface area contributed by atoms with E-state index < -0.39 is 5.79 Å². The topological polar surface area (TPSA) is 55.8 Å². The minimum Gasteiger partial charge on any atom is -0.463 e. The van der Waals surface area contributed by atoms with Crippen LogP contribution in [0.25, 0.3) is 0 Å². The maximum Gasteiger partial charge on any atom is 0.204 e. The van der Waals surface area contributed by atoms with Gasteiger partial charge in [-0.25, -0.2) is 0 Å². The molecule has 3 aliphatic carbocycles. The number of fused-ring (bicyclic) bond motifs is 5. The fraction of sp³-hybridized carbons (Fsp3) is 0.696. The number of hydrogen-bond acceptors (Lipinski definition) is 4. The molecule has 5 atom stereocenters. The highest BCUT2D eigenvalue weighted by Crippen LogP contribution is 2.59. The summed E-state index contributed by atoms with van der Waals surface area (Å²) in [5, 5.41) is 10.7. The molecular weight excluding hydrogens is 340 g/mol. The summed E-state index contributed by atoms with van der Waals surface area (Å²) in [5.74, 6) is 1.41. The molecule has 5 unspecified atom stereocenters. The first-order chi connectivity index (χ1) is 12.7. The molecule has 27 heavy (non-hydrogen) atoms. The molecule has 0 saturated heterocycles. The smallest absolute Gasteiger partial charge is 0.204 e. The Morgan fingerprint density at radius 3 is 2.74 bits per heavy atom. The number of Topliss-reactive ketones (excluding diaryl/α,β-unsaturated/α-hetero) is 1. The Morgan fingerprint density at radius 2 is 2.00 bits per heavy atom. The molecular formula is C23H32O4. The van der Waals surface area contributed by atoms with E-state index in [-0.39, 0.29) is 17.3 Å². The number of carbonyl (C=O) groups excluding carboxylic acids is 1. The third-order valence-electron chi connectivity index (χ3n) is 7.63. The molecule has 2 saturated carbocycles. The SMILES string of the molecule is COC(C)(C)Oc1ccc2c(c1)C(=O)CC1C2CCC2(C)C(O)CCCC12. The van der Waals surface area contributed by atoms with Crippen molar-refractivity contribution in [1.29, 1.82) is 0 Å². The van der Waals surface area contributed by atoms with E-state index in [0.29, 0.717) is 29.9 Å². The minimum absolute atomic E-state index is 0.0251. The number of rotatable bonds is 3. The van der Waals surface area contributed by atoms with Gasteiger partial charge in [-0.15, -0.1) is 0 Å². The number of aliphatic hydroxyl groups is 1. The van der Waals surface area contributed by atoms with Gasteiger partial charge in [-0.05, 0) is 66.5 Å². The van der Waals surface area contributed by atoms with Gasteiger partial charge in [0.2, 0.25) is 5.79 Å². The summed E-state index contributed by atoms with van der Waals surface area (Å²) in [7, 11) is 1.62. The van der Waals surface area contributed by atoms with Crippen LogP contribution >= 0.6 is 0 Å². The molecule has 4 heteroatoms. The summed E-state index contributed by atoms with van der Waals surface area (Å²) in [6.45, 7) is 5.97. The lowest BCUT2D eigenvalue weighted by molar-refractivity contribution is -0.134. The van der Waals surface area contributed by atoms with Crippen molar-refractivity contribution in [2.45, 2.75) is 77.1 Å². The Bertz CT molecular complexity index is 740. The maximum atomic E-state index is 13.0. The van der Waals surface area contributed by atoms with Gasteiger partial charge in [0.25, 0.3) is 0 Å². The third kappa shape index (κ3) is 3.11. The first-order valence-electron chi connectivity index (χ1n) is 10.3. The summed E-state index contributed by atoms with van der Waals surface area (Å²) in [4.78, 5) is 13.0. The maximum absolute atomic E-state index is 13.0. The fourth-order valence-electron chi connectivity index (χ4n) is 5.94. The van der Waals surface area contributed by atoms with Crippen LogP contribution in [0.5, 0.6) is 5.75 Å². The van der Waals surface area contributed by atoms with Gasteiger partial charge >= 0.3 is 0 Å². The number of ketones is 1. The van der Waals surface area contributed by atoms with Crippen molar-refractivity contribution in [3.8, 4) is 5.75 Å². The molecule has 2 fully saturated rings. The predicted molar refractivity (Wildman–Crippen MR) is 104 cm³/mol. The summed E-state index contributed by atoms with van der Waals surface area (Å²) >= 11 is 0. The summed E-state index contributed by atoms with van der Waals surface area (Å²) in [6.07, 6.45) is 5.60. The van der Waals surface area contributed by atoms with Gasteiger partial charge in [-0.1, -0.05) is 19.4 Å². The zero-order valence-electron chi connectivity index (χ0n) is 17.0. The number of ether oxygens (including phenoxy) is 2. The van der Waals surface area contributed by atoms with Crippen molar-refractivity contribution in [3.05, 3.63) is 29.3 Å². The van der Waals surface area contributed by atoms with Gasteiger partial charge in [0.05, 0.1) is 6.10 Å². The van der Waals surface area contributed by atoms with E-state index in [9.17, 15) is 9.90 Å². The van der Waals surface area contributed by atoms with E-state index in [2.05, 4.69) is 13.0 Å². The average molecular weight is 373 g/mol. The fourth-order valence-corrected chi connectivity index (χ4v) is 5.94. The van der Waals surface area contributed by atoms with Crippen LogP contribution in [0.4, 0.5) is 0 Å². The van der Waals surface area contributed by atoms with Crippen molar-refractivity contribution in [3.63, 3.8) is 0 Å². The molecule has 1 aromatic carbocycles. The normalized spacial score (nSPS) is 35.8. The van der Waals surface area contributed by atoms with E-state index in [1.165, 1.54) is 5.56 Å². The van der Waals surface area contributed by atoms with Crippen LogP contribution in [-0.4, -0.2) is 29.9 Å².